The molecule has 0 radical (unpaired) electrons. The van der Waals surface area contributed by atoms with Crippen LogP contribution in [0.4, 0.5) is 0 Å². The van der Waals surface area contributed by atoms with Crippen molar-refractivity contribution < 1.29 is 0 Å². The van der Waals surface area contributed by atoms with Crippen molar-refractivity contribution in [1.29, 1.82) is 0 Å². The predicted molar refractivity (Wildman–Crippen MR) is 198 cm³/mol. The normalized spacial score (nSPS) is 14.2. The van der Waals surface area contributed by atoms with Gasteiger partial charge in [-0.1, -0.05) is 167 Å². The lowest BCUT2D eigenvalue weighted by Gasteiger charge is -2.48. The van der Waals surface area contributed by atoms with E-state index in [0.29, 0.717) is 17.5 Å². The topological polar surface area (TPSA) is 38.7 Å². The largest absolute Gasteiger partial charge is 0.208 e. The maximum atomic E-state index is 5.10. The Labute approximate surface area is 283 Å². The molecular weight excluding hydrogens is 583 g/mol. The van der Waals surface area contributed by atoms with E-state index in [1.165, 1.54) is 38.9 Å². The van der Waals surface area contributed by atoms with Crippen LogP contribution in [0.2, 0.25) is 0 Å². The minimum atomic E-state index is -0.161. The molecule has 48 heavy (non-hydrogen) atoms. The summed E-state index contributed by atoms with van der Waals surface area (Å²) in [6.07, 6.45) is 0. The maximum Gasteiger partial charge on any atom is 0.164 e. The summed E-state index contributed by atoms with van der Waals surface area (Å²) in [6, 6.07) is 53.5. The van der Waals surface area contributed by atoms with E-state index in [0.717, 1.165) is 22.3 Å². The number of hydrogen-bond donors (Lipinski definition) is 0. The van der Waals surface area contributed by atoms with Crippen molar-refractivity contribution in [3.63, 3.8) is 0 Å². The fourth-order valence-electron chi connectivity index (χ4n) is 7.01. The zero-order valence-corrected chi connectivity index (χ0v) is 27.8. The van der Waals surface area contributed by atoms with Crippen molar-refractivity contribution in [1.82, 2.24) is 15.0 Å². The van der Waals surface area contributed by atoms with Crippen LogP contribution in [-0.4, -0.2) is 15.0 Å². The first kappa shape index (κ1) is 29.7. The number of fused-ring (bicyclic) bond motifs is 3. The van der Waals surface area contributed by atoms with Crippen LogP contribution in [-0.2, 0) is 10.8 Å². The van der Waals surface area contributed by atoms with Crippen LogP contribution in [0.5, 0.6) is 0 Å². The van der Waals surface area contributed by atoms with Gasteiger partial charge < -0.3 is 0 Å². The molecule has 1 aromatic heterocycles. The predicted octanol–water partition coefficient (Wildman–Crippen LogP) is 11.4. The minimum absolute atomic E-state index is 0.126. The van der Waals surface area contributed by atoms with Gasteiger partial charge in [-0.25, -0.2) is 15.0 Å². The fourth-order valence-corrected chi connectivity index (χ4v) is 7.01. The molecule has 0 saturated carbocycles. The van der Waals surface area contributed by atoms with Gasteiger partial charge in [0.25, 0.3) is 0 Å². The molecule has 0 amide bonds. The fraction of sp³-hybridized carbons (Fsp3) is 0.133. The Balaban J connectivity index is 1.25. The molecular formula is C45H37N3. The average molecular weight is 620 g/mol. The molecule has 3 nitrogen and oxygen atoms in total. The molecule has 0 spiro atoms. The van der Waals surface area contributed by atoms with Crippen LogP contribution in [0.15, 0.2) is 152 Å². The van der Waals surface area contributed by atoms with Gasteiger partial charge in [0.05, 0.1) is 0 Å². The van der Waals surface area contributed by atoms with Gasteiger partial charge in [0.1, 0.15) is 0 Å². The first-order valence-corrected chi connectivity index (χ1v) is 16.6. The second-order valence-corrected chi connectivity index (χ2v) is 13.8. The number of benzene rings is 6. The molecule has 0 atom stereocenters. The molecule has 1 heterocycles. The van der Waals surface area contributed by atoms with E-state index in [2.05, 4.69) is 155 Å². The van der Waals surface area contributed by atoms with E-state index in [1.54, 1.807) is 0 Å². The van der Waals surface area contributed by atoms with Crippen LogP contribution in [0.1, 0.15) is 38.8 Å². The Bertz CT molecular complexity index is 2250. The summed E-state index contributed by atoms with van der Waals surface area (Å²) >= 11 is 0. The molecule has 7 aromatic rings. The molecule has 0 fully saturated rings. The van der Waals surface area contributed by atoms with Crippen LogP contribution < -0.4 is 0 Å². The van der Waals surface area contributed by atoms with Crippen LogP contribution in [0.3, 0.4) is 0 Å². The van der Waals surface area contributed by atoms with Crippen molar-refractivity contribution in [2.45, 2.75) is 38.5 Å². The number of aromatic nitrogens is 3. The molecule has 0 aliphatic heterocycles. The van der Waals surface area contributed by atoms with Crippen molar-refractivity contribution in [2.24, 2.45) is 0 Å². The van der Waals surface area contributed by atoms with Gasteiger partial charge in [-0.2, -0.15) is 0 Å². The van der Waals surface area contributed by atoms with Crippen LogP contribution >= 0.6 is 0 Å². The lowest BCUT2D eigenvalue weighted by atomic mass is 9.55. The number of hydrogen-bond acceptors (Lipinski definition) is 3. The Morgan fingerprint density at radius 2 is 0.625 bits per heavy atom. The Kier molecular flexibility index (Phi) is 7.14. The third kappa shape index (κ3) is 5.03. The lowest BCUT2D eigenvalue weighted by Crippen LogP contribution is -2.43. The molecule has 0 bridgehead atoms. The first-order chi connectivity index (χ1) is 23.3. The molecule has 1 aliphatic rings. The van der Waals surface area contributed by atoms with E-state index < -0.39 is 0 Å². The summed E-state index contributed by atoms with van der Waals surface area (Å²) in [6.45, 7) is 9.50. The first-order valence-electron chi connectivity index (χ1n) is 16.6. The molecule has 1 aliphatic carbocycles. The van der Waals surface area contributed by atoms with Gasteiger partial charge in [-0.05, 0) is 67.5 Å². The standard InChI is InChI=1S/C45H37N3/c1-44(2)39-28-35(31-16-10-6-11-17-31)24-26-37(39)38-27-25-36(29-40(38)45(44,3)4)43-47-41(33-18-12-7-13-19-33)46-42(48-43)34-22-20-32(21-23-34)30-14-8-5-9-15-30/h5-29H,1-4H3. The lowest BCUT2D eigenvalue weighted by molar-refractivity contribution is 0.299. The quantitative estimate of drug-likeness (QED) is 0.192. The molecule has 0 unspecified atom stereocenters. The van der Waals surface area contributed by atoms with Crippen LogP contribution in [0, 0.1) is 0 Å². The number of nitrogens with zero attached hydrogens (tertiary/aromatic N) is 3. The van der Waals surface area contributed by atoms with Crippen molar-refractivity contribution >= 4 is 0 Å². The highest BCUT2D eigenvalue weighted by Crippen LogP contribution is 2.55. The van der Waals surface area contributed by atoms with Crippen LogP contribution in [0.25, 0.3) is 67.5 Å². The molecule has 8 rings (SSSR count). The third-order valence-electron chi connectivity index (χ3n) is 10.5. The summed E-state index contributed by atoms with van der Waals surface area (Å²) in [5.74, 6) is 2.00. The second-order valence-electron chi connectivity index (χ2n) is 13.8. The summed E-state index contributed by atoms with van der Waals surface area (Å²) in [5, 5.41) is 0. The highest BCUT2D eigenvalue weighted by molar-refractivity contribution is 5.83. The molecule has 0 saturated heterocycles. The summed E-state index contributed by atoms with van der Waals surface area (Å²) in [7, 11) is 0. The van der Waals surface area contributed by atoms with Gasteiger partial charge in [0, 0.05) is 16.7 Å². The Hall–Kier alpha value is -5.67. The smallest absolute Gasteiger partial charge is 0.164 e. The van der Waals surface area contributed by atoms with Gasteiger partial charge >= 0.3 is 0 Å². The molecule has 3 heteroatoms. The van der Waals surface area contributed by atoms with E-state index in [-0.39, 0.29) is 10.8 Å². The molecule has 6 aromatic carbocycles. The summed E-state index contributed by atoms with van der Waals surface area (Å²) in [5.41, 5.74) is 12.7. The highest BCUT2D eigenvalue weighted by Gasteiger charge is 2.46. The van der Waals surface area contributed by atoms with Crippen molar-refractivity contribution in [3.05, 3.63) is 163 Å². The van der Waals surface area contributed by atoms with E-state index >= 15 is 0 Å². The number of rotatable bonds is 5. The van der Waals surface area contributed by atoms with E-state index in [1.807, 2.05) is 24.3 Å². The zero-order valence-electron chi connectivity index (χ0n) is 27.8. The van der Waals surface area contributed by atoms with Gasteiger partial charge in [-0.15, -0.1) is 0 Å². The zero-order chi connectivity index (χ0) is 32.9. The summed E-state index contributed by atoms with van der Waals surface area (Å²) in [4.78, 5) is 15.1. The second kappa shape index (κ2) is 11.5. The SMILES string of the molecule is CC1(C)c2cc(-c3ccccc3)ccc2-c2ccc(-c3nc(-c4ccccc4)nc(-c4ccc(-c5ccccc5)cc4)n3)cc2C1(C)C. The Morgan fingerprint density at radius 3 is 1.12 bits per heavy atom. The monoisotopic (exact) mass is 619 g/mol. The molecule has 0 N–H and O–H groups in total. The molecule has 232 valence electrons. The van der Waals surface area contributed by atoms with Crippen molar-refractivity contribution in [3.8, 4) is 67.5 Å². The van der Waals surface area contributed by atoms with E-state index in [4.69, 9.17) is 15.0 Å². The Morgan fingerprint density at radius 1 is 0.312 bits per heavy atom. The minimum Gasteiger partial charge on any atom is -0.208 e. The maximum absolute atomic E-state index is 5.10. The van der Waals surface area contributed by atoms with E-state index in [9.17, 15) is 0 Å². The van der Waals surface area contributed by atoms with Gasteiger partial charge in [-0.3, -0.25) is 0 Å². The highest BCUT2D eigenvalue weighted by atomic mass is 15.0. The third-order valence-corrected chi connectivity index (χ3v) is 10.5. The van der Waals surface area contributed by atoms with Gasteiger partial charge in [0.2, 0.25) is 0 Å². The van der Waals surface area contributed by atoms with Crippen molar-refractivity contribution in [2.75, 3.05) is 0 Å². The average Bonchev–Trinajstić information content (AvgIpc) is 3.15. The summed E-state index contributed by atoms with van der Waals surface area (Å²) < 4.78 is 0. The van der Waals surface area contributed by atoms with Gasteiger partial charge in [0.15, 0.2) is 17.5 Å².